The molecule has 1 atom stereocenters. The Hall–Kier alpha value is -2.63. The largest absolute Gasteiger partial charge is 0.483 e. The smallest absolute Gasteiger partial charge is 0.144 e. The highest BCUT2D eigenvalue weighted by Crippen LogP contribution is 2.31. The Balaban J connectivity index is 2.15. The molecule has 3 aromatic heterocycles. The van der Waals surface area contributed by atoms with Crippen molar-refractivity contribution in [2.45, 2.75) is 13.0 Å². The maximum atomic E-state index is 7.28. The number of rotatable bonds is 4. The number of ether oxygens (including phenoxy) is 1. The lowest BCUT2D eigenvalue weighted by Gasteiger charge is -2.14. The molecule has 0 spiro atoms. The molecule has 0 aliphatic carbocycles. The van der Waals surface area contributed by atoms with Crippen LogP contribution in [0.5, 0.6) is 5.75 Å². The minimum atomic E-state index is -0.286. The van der Waals surface area contributed by atoms with Crippen LogP contribution in [-0.4, -0.2) is 31.5 Å². The summed E-state index contributed by atoms with van der Waals surface area (Å²) in [6, 6.07) is 1.96. The maximum absolute atomic E-state index is 7.28. The van der Waals surface area contributed by atoms with Crippen LogP contribution in [0.25, 0.3) is 16.8 Å². The van der Waals surface area contributed by atoms with Crippen LogP contribution in [0.15, 0.2) is 37.1 Å². The monoisotopic (exact) mass is 269 g/mol. The number of aromatic nitrogens is 4. The van der Waals surface area contributed by atoms with Gasteiger partial charge in [0.25, 0.3) is 0 Å². The Kier molecular flexibility index (Phi) is 2.98. The van der Waals surface area contributed by atoms with Crippen molar-refractivity contribution in [3.8, 4) is 16.9 Å². The predicted molar refractivity (Wildman–Crippen MR) is 76.3 cm³/mol. The van der Waals surface area contributed by atoms with Gasteiger partial charge in [-0.15, -0.1) is 0 Å². The third-order valence-electron chi connectivity index (χ3n) is 3.06. The topological polar surface area (TPSA) is 68.2 Å². The Labute approximate surface area is 116 Å². The SMILES string of the molecule is CC(C=N)Oc1cn2ccnc2cc1-c1cnn(C)c1. The Morgan fingerprint density at radius 1 is 1.40 bits per heavy atom. The number of imidazole rings is 1. The molecule has 1 unspecified atom stereocenters. The molecule has 6 heteroatoms. The van der Waals surface area contributed by atoms with E-state index >= 15 is 0 Å². The predicted octanol–water partition coefficient (Wildman–Crippen LogP) is 2.15. The van der Waals surface area contributed by atoms with Gasteiger partial charge in [0.1, 0.15) is 17.5 Å². The molecule has 0 radical (unpaired) electrons. The molecular formula is C14H15N5O. The number of pyridine rings is 1. The first-order valence-electron chi connectivity index (χ1n) is 6.30. The van der Waals surface area contributed by atoms with Crippen LogP contribution in [0.1, 0.15) is 6.92 Å². The van der Waals surface area contributed by atoms with E-state index in [4.69, 9.17) is 10.1 Å². The van der Waals surface area contributed by atoms with Gasteiger partial charge in [0.2, 0.25) is 0 Å². The summed E-state index contributed by atoms with van der Waals surface area (Å²) in [4.78, 5) is 4.29. The minimum Gasteiger partial charge on any atom is -0.483 e. The van der Waals surface area contributed by atoms with Gasteiger partial charge in [0, 0.05) is 43.0 Å². The summed E-state index contributed by atoms with van der Waals surface area (Å²) in [6.07, 6.45) is 10.2. The van der Waals surface area contributed by atoms with E-state index in [9.17, 15) is 0 Å². The summed E-state index contributed by atoms with van der Waals surface area (Å²) in [5.41, 5.74) is 2.73. The van der Waals surface area contributed by atoms with Crippen LogP contribution in [0, 0.1) is 5.41 Å². The average Bonchev–Trinajstić information content (AvgIpc) is 3.05. The second kappa shape index (κ2) is 4.80. The summed E-state index contributed by atoms with van der Waals surface area (Å²) >= 11 is 0. The van der Waals surface area contributed by atoms with Crippen LogP contribution in [0.3, 0.4) is 0 Å². The number of nitrogens with one attached hydrogen (secondary N) is 1. The molecule has 20 heavy (non-hydrogen) atoms. The number of nitrogens with zero attached hydrogens (tertiary/aromatic N) is 4. The van der Waals surface area contributed by atoms with Crippen LogP contribution in [0.4, 0.5) is 0 Å². The fraction of sp³-hybridized carbons (Fsp3) is 0.214. The van der Waals surface area contributed by atoms with E-state index < -0.39 is 0 Å². The van der Waals surface area contributed by atoms with Crippen molar-refractivity contribution in [1.82, 2.24) is 19.2 Å². The first kappa shape index (κ1) is 12.4. The molecule has 0 aromatic carbocycles. The van der Waals surface area contributed by atoms with Gasteiger partial charge >= 0.3 is 0 Å². The summed E-state index contributed by atoms with van der Waals surface area (Å²) in [5.74, 6) is 0.708. The van der Waals surface area contributed by atoms with Crippen LogP contribution >= 0.6 is 0 Å². The van der Waals surface area contributed by atoms with E-state index in [0.717, 1.165) is 16.8 Å². The lowest BCUT2D eigenvalue weighted by atomic mass is 10.1. The molecule has 0 amide bonds. The number of fused-ring (bicyclic) bond motifs is 1. The molecule has 0 saturated carbocycles. The van der Waals surface area contributed by atoms with E-state index in [1.807, 2.05) is 43.0 Å². The fourth-order valence-electron chi connectivity index (χ4n) is 2.06. The molecular weight excluding hydrogens is 254 g/mol. The van der Waals surface area contributed by atoms with Gasteiger partial charge in [-0.1, -0.05) is 0 Å². The van der Waals surface area contributed by atoms with Gasteiger partial charge < -0.3 is 14.5 Å². The van der Waals surface area contributed by atoms with E-state index in [2.05, 4.69) is 10.1 Å². The molecule has 6 nitrogen and oxygen atoms in total. The van der Waals surface area contributed by atoms with Gasteiger partial charge in [-0.05, 0) is 13.0 Å². The summed E-state index contributed by atoms with van der Waals surface area (Å²) in [5, 5.41) is 11.5. The van der Waals surface area contributed by atoms with Crippen molar-refractivity contribution < 1.29 is 4.74 Å². The van der Waals surface area contributed by atoms with Gasteiger partial charge in [-0.25, -0.2) is 4.98 Å². The van der Waals surface area contributed by atoms with Crippen molar-refractivity contribution in [2.24, 2.45) is 7.05 Å². The third kappa shape index (κ3) is 2.16. The molecule has 0 aliphatic heterocycles. The van der Waals surface area contributed by atoms with Crippen molar-refractivity contribution in [2.75, 3.05) is 0 Å². The molecule has 0 aliphatic rings. The second-order valence-corrected chi connectivity index (χ2v) is 4.64. The summed E-state index contributed by atoms with van der Waals surface area (Å²) in [6.45, 7) is 1.83. The van der Waals surface area contributed by atoms with Gasteiger partial charge in [-0.3, -0.25) is 4.68 Å². The highest BCUT2D eigenvalue weighted by atomic mass is 16.5. The van der Waals surface area contributed by atoms with Crippen LogP contribution < -0.4 is 4.74 Å². The minimum absolute atomic E-state index is 0.286. The van der Waals surface area contributed by atoms with Gasteiger partial charge in [0.05, 0.1) is 12.4 Å². The first-order chi connectivity index (χ1) is 9.67. The molecule has 1 N–H and O–H groups in total. The fourth-order valence-corrected chi connectivity index (χ4v) is 2.06. The molecule has 0 saturated heterocycles. The van der Waals surface area contributed by atoms with Crippen molar-refractivity contribution in [1.29, 1.82) is 5.41 Å². The van der Waals surface area contributed by atoms with E-state index in [1.54, 1.807) is 17.1 Å². The third-order valence-corrected chi connectivity index (χ3v) is 3.06. The highest BCUT2D eigenvalue weighted by molar-refractivity contribution is 5.73. The quantitative estimate of drug-likeness (QED) is 0.738. The number of hydrogen-bond donors (Lipinski definition) is 1. The Bertz CT molecular complexity index is 758. The molecule has 3 aromatic rings. The number of aryl methyl sites for hydroxylation is 1. The highest BCUT2D eigenvalue weighted by Gasteiger charge is 2.13. The average molecular weight is 269 g/mol. The second-order valence-electron chi connectivity index (χ2n) is 4.64. The van der Waals surface area contributed by atoms with E-state index in [-0.39, 0.29) is 6.10 Å². The zero-order chi connectivity index (χ0) is 14.1. The Morgan fingerprint density at radius 2 is 2.25 bits per heavy atom. The molecule has 0 bridgehead atoms. The molecule has 102 valence electrons. The lowest BCUT2D eigenvalue weighted by Crippen LogP contribution is -2.13. The summed E-state index contributed by atoms with van der Waals surface area (Å²) in [7, 11) is 1.87. The van der Waals surface area contributed by atoms with Crippen molar-refractivity contribution in [3.63, 3.8) is 0 Å². The molecule has 0 fully saturated rings. The van der Waals surface area contributed by atoms with Crippen LogP contribution in [-0.2, 0) is 7.05 Å². The van der Waals surface area contributed by atoms with E-state index in [0.29, 0.717) is 5.75 Å². The van der Waals surface area contributed by atoms with Gasteiger partial charge in [0.15, 0.2) is 0 Å². The molecule has 3 heterocycles. The maximum Gasteiger partial charge on any atom is 0.144 e. The number of hydrogen-bond acceptors (Lipinski definition) is 4. The van der Waals surface area contributed by atoms with Gasteiger partial charge in [-0.2, -0.15) is 5.10 Å². The first-order valence-corrected chi connectivity index (χ1v) is 6.30. The summed E-state index contributed by atoms with van der Waals surface area (Å²) < 4.78 is 9.45. The van der Waals surface area contributed by atoms with E-state index in [1.165, 1.54) is 6.21 Å². The lowest BCUT2D eigenvalue weighted by molar-refractivity contribution is 0.291. The van der Waals surface area contributed by atoms with Crippen molar-refractivity contribution in [3.05, 3.63) is 37.1 Å². The van der Waals surface area contributed by atoms with Crippen molar-refractivity contribution >= 4 is 11.9 Å². The zero-order valence-corrected chi connectivity index (χ0v) is 11.3. The standard InChI is InChI=1S/C14H15N5O/c1-10(6-15)20-13-9-19-4-3-16-14(19)5-12(13)11-7-17-18(2)8-11/h3-10,15H,1-2H3. The Morgan fingerprint density at radius 3 is 2.95 bits per heavy atom. The molecule has 3 rings (SSSR count). The van der Waals surface area contributed by atoms with Crippen LogP contribution in [0.2, 0.25) is 0 Å². The zero-order valence-electron chi connectivity index (χ0n) is 11.3. The normalized spacial score (nSPS) is 12.5.